The number of likely N-dealkylation sites (tertiary alicyclic amines) is 1. The highest BCUT2D eigenvalue weighted by Gasteiger charge is 2.50. The number of hydrogen-bond acceptors (Lipinski definition) is 4. The molecular weight excluding hydrogens is 648 g/mol. The van der Waals surface area contributed by atoms with Crippen molar-refractivity contribution in [3.8, 4) is 0 Å². The quantitative estimate of drug-likeness (QED) is 0.0716. The lowest BCUT2D eigenvalue weighted by Crippen LogP contribution is -2.54. The number of aromatic amines is 1. The summed E-state index contributed by atoms with van der Waals surface area (Å²) < 4.78 is 29.8. The van der Waals surface area contributed by atoms with Crippen molar-refractivity contribution in [1.29, 1.82) is 0 Å². The van der Waals surface area contributed by atoms with Gasteiger partial charge in [0, 0.05) is 47.7 Å². The molecule has 49 heavy (non-hydrogen) atoms. The SMILES string of the molecule is CCCCCCCCCCCCCCCCC(C=O)(c1c[nH]c2ccc(C(=O)O)cc12)N1CC(F)CC1C(=O)NCc1cccc(Cl)c1F. The number of fused-ring (bicyclic) bond motifs is 1. The van der Waals surface area contributed by atoms with E-state index in [9.17, 15) is 23.9 Å². The molecule has 2 heterocycles. The number of nitrogens with one attached hydrogen (secondary N) is 2. The van der Waals surface area contributed by atoms with E-state index >= 15 is 4.39 Å². The molecule has 0 bridgehead atoms. The number of aromatic carboxylic acids is 1. The Morgan fingerprint density at radius 2 is 1.63 bits per heavy atom. The Bertz CT molecular complexity index is 1530. The lowest BCUT2D eigenvalue weighted by molar-refractivity contribution is -0.131. The first-order chi connectivity index (χ1) is 23.7. The van der Waals surface area contributed by atoms with Crippen LogP contribution in [0.1, 0.15) is 131 Å². The van der Waals surface area contributed by atoms with Gasteiger partial charge in [-0.2, -0.15) is 0 Å². The van der Waals surface area contributed by atoms with Crippen molar-refractivity contribution in [1.82, 2.24) is 15.2 Å². The molecule has 1 fully saturated rings. The van der Waals surface area contributed by atoms with Crippen LogP contribution >= 0.6 is 11.6 Å². The third-order valence-electron chi connectivity index (χ3n) is 10.1. The maximum Gasteiger partial charge on any atom is 0.335 e. The highest BCUT2D eigenvalue weighted by Crippen LogP contribution is 2.42. The van der Waals surface area contributed by atoms with E-state index in [1.54, 1.807) is 23.2 Å². The molecular formula is C39H52ClF2N3O4. The van der Waals surface area contributed by atoms with Gasteiger partial charge in [0.15, 0.2) is 0 Å². The number of hydrogen-bond donors (Lipinski definition) is 3. The number of aldehydes is 1. The second kappa shape index (κ2) is 19.2. The van der Waals surface area contributed by atoms with Crippen LogP contribution in [0.3, 0.4) is 0 Å². The summed E-state index contributed by atoms with van der Waals surface area (Å²) in [6.45, 7) is 1.95. The van der Waals surface area contributed by atoms with Crippen LogP contribution in [0.2, 0.25) is 5.02 Å². The van der Waals surface area contributed by atoms with Gasteiger partial charge < -0.3 is 20.2 Å². The summed E-state index contributed by atoms with van der Waals surface area (Å²) in [5, 5.41) is 12.9. The zero-order valence-corrected chi connectivity index (χ0v) is 29.5. The van der Waals surface area contributed by atoms with Crippen molar-refractivity contribution in [2.24, 2.45) is 0 Å². The Morgan fingerprint density at radius 1 is 1.00 bits per heavy atom. The molecule has 1 saturated heterocycles. The number of unbranched alkanes of at least 4 members (excludes halogenated alkanes) is 13. The zero-order valence-electron chi connectivity index (χ0n) is 28.8. The van der Waals surface area contributed by atoms with E-state index < -0.39 is 35.4 Å². The van der Waals surface area contributed by atoms with Gasteiger partial charge in [-0.05, 0) is 30.7 Å². The third-order valence-corrected chi connectivity index (χ3v) is 10.3. The van der Waals surface area contributed by atoms with E-state index in [0.29, 0.717) is 29.3 Å². The second-order valence-electron chi connectivity index (χ2n) is 13.6. The molecule has 7 nitrogen and oxygen atoms in total. The largest absolute Gasteiger partial charge is 0.478 e. The molecule has 3 aromatic rings. The Balaban J connectivity index is 1.45. The number of halogens is 3. The van der Waals surface area contributed by atoms with Gasteiger partial charge in [0.05, 0.1) is 16.6 Å². The summed E-state index contributed by atoms with van der Waals surface area (Å²) in [4.78, 5) is 43.7. The fourth-order valence-electron chi connectivity index (χ4n) is 7.28. The monoisotopic (exact) mass is 699 g/mol. The van der Waals surface area contributed by atoms with Crippen LogP contribution in [0, 0.1) is 5.82 Å². The first-order valence-corrected chi connectivity index (χ1v) is 18.5. The van der Waals surface area contributed by atoms with Gasteiger partial charge in [0.1, 0.15) is 23.8 Å². The highest BCUT2D eigenvalue weighted by molar-refractivity contribution is 6.30. The molecule has 268 valence electrons. The average molecular weight is 700 g/mol. The Kier molecular flexibility index (Phi) is 15.1. The van der Waals surface area contributed by atoms with E-state index in [1.807, 2.05) is 0 Å². The molecule has 1 aliphatic rings. The van der Waals surface area contributed by atoms with Gasteiger partial charge >= 0.3 is 5.97 Å². The number of carbonyl (C=O) groups is 3. The predicted octanol–water partition coefficient (Wildman–Crippen LogP) is 9.65. The number of amides is 1. The van der Waals surface area contributed by atoms with Gasteiger partial charge in [-0.15, -0.1) is 0 Å². The molecule has 1 aliphatic heterocycles. The van der Waals surface area contributed by atoms with Crippen molar-refractivity contribution in [3.63, 3.8) is 0 Å². The Hall–Kier alpha value is -3.30. The molecule has 2 aromatic carbocycles. The van der Waals surface area contributed by atoms with Gasteiger partial charge in [-0.3, -0.25) is 9.69 Å². The number of carbonyl (C=O) groups excluding carboxylic acids is 2. The van der Waals surface area contributed by atoms with E-state index in [2.05, 4.69) is 17.2 Å². The topological polar surface area (TPSA) is 102 Å². The number of aromatic nitrogens is 1. The molecule has 1 amide bonds. The molecule has 4 rings (SSSR count). The molecule has 1 aromatic heterocycles. The number of H-pyrrole nitrogens is 1. The van der Waals surface area contributed by atoms with Gasteiger partial charge in [-0.1, -0.05) is 121 Å². The highest BCUT2D eigenvalue weighted by atomic mass is 35.5. The molecule has 0 radical (unpaired) electrons. The van der Waals surface area contributed by atoms with E-state index in [0.717, 1.165) is 25.5 Å². The number of rotatable bonds is 22. The minimum atomic E-state index is -1.39. The fraction of sp³-hybridized carbons (Fsp3) is 0.564. The molecule has 3 atom stereocenters. The number of nitrogens with zero attached hydrogens (tertiary/aromatic N) is 1. The summed E-state index contributed by atoms with van der Waals surface area (Å²) in [7, 11) is 0. The molecule has 3 unspecified atom stereocenters. The molecule has 10 heteroatoms. The van der Waals surface area contributed by atoms with Crippen molar-refractivity contribution < 1.29 is 28.3 Å². The summed E-state index contributed by atoms with van der Waals surface area (Å²) in [5.41, 5.74) is 0.0245. The predicted molar refractivity (Wildman–Crippen MR) is 191 cm³/mol. The van der Waals surface area contributed by atoms with Gasteiger partial charge in [0.2, 0.25) is 5.91 Å². The summed E-state index contributed by atoms with van der Waals surface area (Å²) in [6, 6.07) is 8.18. The van der Waals surface area contributed by atoms with Crippen molar-refractivity contribution in [2.75, 3.05) is 6.54 Å². The average Bonchev–Trinajstić information content (AvgIpc) is 3.71. The number of carboxylic acids is 1. The van der Waals surface area contributed by atoms with Crippen molar-refractivity contribution in [2.45, 2.75) is 134 Å². The van der Waals surface area contributed by atoms with Crippen LogP contribution in [0.5, 0.6) is 0 Å². The number of benzene rings is 2. The number of carboxylic acid groups (broad SMARTS) is 1. The normalized spacial score (nSPS) is 17.7. The minimum absolute atomic E-state index is 0.0623. The lowest BCUT2D eigenvalue weighted by Gasteiger charge is -2.40. The van der Waals surface area contributed by atoms with Gasteiger partial charge in [-0.25, -0.2) is 13.6 Å². The Morgan fingerprint density at radius 3 is 2.24 bits per heavy atom. The lowest BCUT2D eigenvalue weighted by atomic mass is 9.82. The minimum Gasteiger partial charge on any atom is -0.478 e. The van der Waals surface area contributed by atoms with Crippen LogP contribution in [-0.4, -0.2) is 51.9 Å². The maximum atomic E-state index is 15.3. The zero-order chi connectivity index (χ0) is 35.2. The summed E-state index contributed by atoms with van der Waals surface area (Å²) >= 11 is 5.92. The third kappa shape index (κ3) is 10.1. The smallest absolute Gasteiger partial charge is 0.335 e. The Labute approximate surface area is 294 Å². The second-order valence-corrected chi connectivity index (χ2v) is 14.0. The number of alkyl halides is 1. The molecule has 3 N–H and O–H groups in total. The van der Waals surface area contributed by atoms with Crippen molar-refractivity contribution >= 4 is 40.7 Å². The van der Waals surface area contributed by atoms with Crippen LogP contribution in [-0.2, 0) is 21.7 Å². The van der Waals surface area contributed by atoms with Crippen molar-refractivity contribution in [3.05, 3.63) is 70.1 Å². The van der Waals surface area contributed by atoms with Crippen LogP contribution < -0.4 is 5.32 Å². The summed E-state index contributed by atoms with van der Waals surface area (Å²) in [6.07, 6.45) is 17.8. The van der Waals surface area contributed by atoms with Crippen LogP contribution in [0.25, 0.3) is 10.9 Å². The maximum absolute atomic E-state index is 15.3. The first-order valence-electron chi connectivity index (χ1n) is 18.1. The first kappa shape index (κ1) is 38.5. The van der Waals surface area contributed by atoms with E-state index in [-0.39, 0.29) is 35.7 Å². The molecule has 0 spiro atoms. The standard InChI is InChI=1S/C39H52ClF2N3O4/c1-2-3-4-5-6-7-8-9-10-11-12-13-14-15-21-39(27-46,32-25-43-34-20-19-28(38(48)49)22-31(32)34)45-26-30(41)23-35(45)37(47)44-24-29-17-16-18-33(40)36(29)42/h16-20,22,25,27,30,35,43H,2-15,21,23-24,26H2,1H3,(H,44,47)(H,48,49). The van der Waals surface area contributed by atoms with E-state index in [4.69, 9.17) is 11.6 Å². The van der Waals surface area contributed by atoms with Crippen LogP contribution in [0.4, 0.5) is 8.78 Å². The van der Waals surface area contributed by atoms with Gasteiger partial charge in [0.25, 0.3) is 0 Å². The van der Waals surface area contributed by atoms with E-state index in [1.165, 1.54) is 88.5 Å². The molecule has 0 saturated carbocycles. The molecule has 0 aliphatic carbocycles. The summed E-state index contributed by atoms with van der Waals surface area (Å²) in [5.74, 6) is -2.25. The fourth-order valence-corrected chi connectivity index (χ4v) is 7.48. The van der Waals surface area contributed by atoms with Crippen LogP contribution in [0.15, 0.2) is 42.6 Å².